The standard InChI is InChI=1S/C23H18N2O5/c1-2-27-15-6-3-5-14(11-15)23(26)29-16-8-9-17-20(12-16)30-22(25)18(13-24)21(17)19-7-4-10-28-19/h3-12,21H,2,25H2,1H3. The molecule has 2 aromatic carbocycles. The van der Waals surface area contributed by atoms with Crippen molar-refractivity contribution >= 4 is 5.97 Å². The number of furan rings is 1. The predicted molar refractivity (Wildman–Crippen MR) is 107 cm³/mol. The van der Waals surface area contributed by atoms with Gasteiger partial charge >= 0.3 is 5.97 Å². The van der Waals surface area contributed by atoms with Gasteiger partial charge in [-0.25, -0.2) is 4.79 Å². The molecular weight excluding hydrogens is 384 g/mol. The molecule has 30 heavy (non-hydrogen) atoms. The summed E-state index contributed by atoms with van der Waals surface area (Å²) in [5.41, 5.74) is 7.27. The third-order valence-corrected chi connectivity index (χ3v) is 4.61. The van der Waals surface area contributed by atoms with Crippen molar-refractivity contribution in [2.24, 2.45) is 5.73 Å². The first-order valence-electron chi connectivity index (χ1n) is 9.30. The molecule has 3 aromatic rings. The molecular formula is C23H18N2O5. The van der Waals surface area contributed by atoms with Crippen LogP contribution in [0.5, 0.6) is 17.2 Å². The molecule has 0 saturated heterocycles. The van der Waals surface area contributed by atoms with Crippen molar-refractivity contribution in [2.45, 2.75) is 12.8 Å². The molecule has 0 aliphatic carbocycles. The minimum atomic E-state index is -0.531. The van der Waals surface area contributed by atoms with Gasteiger partial charge in [0.05, 0.1) is 24.4 Å². The lowest BCUT2D eigenvalue weighted by molar-refractivity contribution is 0.0734. The molecule has 2 heterocycles. The summed E-state index contributed by atoms with van der Waals surface area (Å²) in [6, 6.07) is 17.3. The Hall–Kier alpha value is -4.18. The molecule has 7 heteroatoms. The topological polar surface area (TPSA) is 108 Å². The van der Waals surface area contributed by atoms with Gasteiger partial charge in [-0.05, 0) is 43.3 Å². The van der Waals surface area contributed by atoms with E-state index in [0.29, 0.717) is 35.0 Å². The van der Waals surface area contributed by atoms with Gasteiger partial charge in [0, 0.05) is 11.6 Å². The number of nitrogens with zero attached hydrogens (tertiary/aromatic N) is 1. The van der Waals surface area contributed by atoms with Crippen LogP contribution in [0.4, 0.5) is 0 Å². The van der Waals surface area contributed by atoms with Gasteiger partial charge in [-0.15, -0.1) is 0 Å². The summed E-state index contributed by atoms with van der Waals surface area (Å²) in [6.45, 7) is 2.36. The van der Waals surface area contributed by atoms with Crippen molar-refractivity contribution in [1.29, 1.82) is 5.26 Å². The summed E-state index contributed by atoms with van der Waals surface area (Å²) in [5, 5.41) is 9.53. The second-order valence-electron chi connectivity index (χ2n) is 6.49. The molecule has 0 fully saturated rings. The third kappa shape index (κ3) is 3.59. The fourth-order valence-corrected chi connectivity index (χ4v) is 3.29. The van der Waals surface area contributed by atoms with Crippen LogP contribution in [0, 0.1) is 11.3 Å². The normalized spacial score (nSPS) is 15.0. The summed E-state index contributed by atoms with van der Waals surface area (Å²) in [4.78, 5) is 12.5. The Labute approximate surface area is 172 Å². The smallest absolute Gasteiger partial charge is 0.343 e. The minimum absolute atomic E-state index is 0.0145. The molecule has 7 nitrogen and oxygen atoms in total. The summed E-state index contributed by atoms with van der Waals surface area (Å²) < 4.78 is 22.0. The van der Waals surface area contributed by atoms with E-state index in [0.717, 1.165) is 0 Å². The maximum Gasteiger partial charge on any atom is 0.343 e. The SMILES string of the molecule is CCOc1cccc(C(=O)Oc2ccc3c(c2)OC(N)=C(C#N)C3c2ccco2)c1. The van der Waals surface area contributed by atoms with Crippen molar-refractivity contribution < 1.29 is 23.4 Å². The Balaban J connectivity index is 1.63. The first kappa shape index (κ1) is 19.2. The van der Waals surface area contributed by atoms with Crippen molar-refractivity contribution in [3.8, 4) is 23.3 Å². The van der Waals surface area contributed by atoms with E-state index in [1.807, 2.05) is 6.92 Å². The molecule has 0 amide bonds. The molecule has 1 unspecified atom stereocenters. The first-order valence-corrected chi connectivity index (χ1v) is 9.30. The maximum absolute atomic E-state index is 12.5. The summed E-state index contributed by atoms with van der Waals surface area (Å²) in [5.74, 6) is 0.783. The summed E-state index contributed by atoms with van der Waals surface area (Å²) in [7, 11) is 0. The molecule has 0 saturated carbocycles. The van der Waals surface area contributed by atoms with Gasteiger partial charge < -0.3 is 24.4 Å². The molecule has 1 atom stereocenters. The number of hydrogen-bond acceptors (Lipinski definition) is 7. The van der Waals surface area contributed by atoms with Crippen LogP contribution >= 0.6 is 0 Å². The highest BCUT2D eigenvalue weighted by atomic mass is 16.5. The van der Waals surface area contributed by atoms with E-state index in [2.05, 4.69) is 6.07 Å². The highest BCUT2D eigenvalue weighted by Gasteiger charge is 2.32. The van der Waals surface area contributed by atoms with Crippen LogP contribution in [0.2, 0.25) is 0 Å². The Morgan fingerprint density at radius 2 is 2.03 bits per heavy atom. The maximum atomic E-state index is 12.5. The molecule has 1 aromatic heterocycles. The number of ether oxygens (including phenoxy) is 3. The Morgan fingerprint density at radius 1 is 1.17 bits per heavy atom. The molecule has 150 valence electrons. The zero-order chi connectivity index (χ0) is 21.1. The molecule has 1 aliphatic rings. The Bertz CT molecular complexity index is 1160. The van der Waals surface area contributed by atoms with Crippen LogP contribution in [-0.4, -0.2) is 12.6 Å². The van der Waals surface area contributed by atoms with Crippen molar-refractivity contribution in [1.82, 2.24) is 0 Å². The zero-order valence-corrected chi connectivity index (χ0v) is 16.1. The van der Waals surface area contributed by atoms with Crippen LogP contribution in [0.25, 0.3) is 0 Å². The van der Waals surface area contributed by atoms with E-state index >= 15 is 0 Å². The lowest BCUT2D eigenvalue weighted by Crippen LogP contribution is -2.21. The van der Waals surface area contributed by atoms with E-state index in [-0.39, 0.29) is 17.2 Å². The van der Waals surface area contributed by atoms with Gasteiger partial charge in [0.2, 0.25) is 5.88 Å². The van der Waals surface area contributed by atoms with Gasteiger partial charge in [0.1, 0.15) is 34.7 Å². The fourth-order valence-electron chi connectivity index (χ4n) is 3.29. The number of benzene rings is 2. The number of hydrogen-bond donors (Lipinski definition) is 1. The van der Waals surface area contributed by atoms with Gasteiger partial charge in [0.15, 0.2) is 0 Å². The largest absolute Gasteiger partial charge is 0.494 e. The van der Waals surface area contributed by atoms with E-state index in [9.17, 15) is 10.1 Å². The number of carbonyl (C=O) groups excluding carboxylic acids is 1. The predicted octanol–water partition coefficient (Wildman–Crippen LogP) is 4.12. The number of nitriles is 1. The van der Waals surface area contributed by atoms with Gasteiger partial charge in [-0.1, -0.05) is 12.1 Å². The van der Waals surface area contributed by atoms with Crippen LogP contribution < -0.4 is 19.9 Å². The third-order valence-electron chi connectivity index (χ3n) is 4.61. The monoisotopic (exact) mass is 402 g/mol. The second-order valence-corrected chi connectivity index (χ2v) is 6.49. The quantitative estimate of drug-likeness (QED) is 0.505. The van der Waals surface area contributed by atoms with E-state index < -0.39 is 11.9 Å². The van der Waals surface area contributed by atoms with Crippen molar-refractivity contribution in [3.05, 3.63) is 89.2 Å². The number of esters is 1. The van der Waals surface area contributed by atoms with Crippen LogP contribution in [0.15, 0.2) is 76.7 Å². The number of nitrogens with two attached hydrogens (primary N) is 1. The summed E-state index contributed by atoms with van der Waals surface area (Å²) >= 11 is 0. The number of allylic oxidation sites excluding steroid dienone is 1. The average Bonchev–Trinajstić information content (AvgIpc) is 3.27. The molecule has 2 N–H and O–H groups in total. The number of fused-ring (bicyclic) bond motifs is 1. The molecule has 0 bridgehead atoms. The van der Waals surface area contributed by atoms with Crippen LogP contribution in [-0.2, 0) is 0 Å². The van der Waals surface area contributed by atoms with E-state index in [4.69, 9.17) is 24.4 Å². The van der Waals surface area contributed by atoms with Gasteiger partial charge in [-0.3, -0.25) is 0 Å². The number of rotatable bonds is 5. The molecule has 0 spiro atoms. The minimum Gasteiger partial charge on any atom is -0.494 e. The lowest BCUT2D eigenvalue weighted by Gasteiger charge is -2.25. The highest BCUT2D eigenvalue weighted by molar-refractivity contribution is 5.91. The highest BCUT2D eigenvalue weighted by Crippen LogP contribution is 2.43. The van der Waals surface area contributed by atoms with Crippen LogP contribution in [0.3, 0.4) is 0 Å². The Kier molecular flexibility index (Phi) is 5.14. The summed E-state index contributed by atoms with van der Waals surface area (Å²) in [6.07, 6.45) is 1.53. The molecule has 0 radical (unpaired) electrons. The fraction of sp³-hybridized carbons (Fsp3) is 0.130. The van der Waals surface area contributed by atoms with E-state index in [1.165, 1.54) is 6.26 Å². The van der Waals surface area contributed by atoms with Gasteiger partial charge in [0.25, 0.3) is 0 Å². The number of carbonyl (C=O) groups is 1. The zero-order valence-electron chi connectivity index (χ0n) is 16.1. The lowest BCUT2D eigenvalue weighted by atomic mass is 9.87. The first-order chi connectivity index (χ1) is 14.6. The second kappa shape index (κ2) is 8.05. The van der Waals surface area contributed by atoms with Crippen LogP contribution in [0.1, 0.15) is 34.5 Å². The van der Waals surface area contributed by atoms with Crippen molar-refractivity contribution in [2.75, 3.05) is 6.61 Å². The van der Waals surface area contributed by atoms with Gasteiger partial charge in [-0.2, -0.15) is 5.26 Å². The Morgan fingerprint density at radius 3 is 2.77 bits per heavy atom. The molecule has 4 rings (SSSR count). The average molecular weight is 402 g/mol. The van der Waals surface area contributed by atoms with E-state index in [1.54, 1.807) is 54.6 Å². The molecule has 1 aliphatic heterocycles. The van der Waals surface area contributed by atoms with Crippen molar-refractivity contribution in [3.63, 3.8) is 0 Å².